The molecule has 138 valence electrons. The van der Waals surface area contributed by atoms with E-state index in [9.17, 15) is 9.59 Å². The highest BCUT2D eigenvalue weighted by Crippen LogP contribution is 2.32. The van der Waals surface area contributed by atoms with Crippen LogP contribution >= 0.6 is 23.5 Å². The maximum absolute atomic E-state index is 13.1. The molecule has 3 rings (SSSR count). The molecule has 0 N–H and O–H groups in total. The van der Waals surface area contributed by atoms with Crippen LogP contribution in [0.3, 0.4) is 0 Å². The highest BCUT2D eigenvalue weighted by molar-refractivity contribution is 8.00. The number of esters is 1. The SMILES string of the molecule is CC[C@@H](Sc1nc2c(c(=O)n1-c1cccc(OC)c1)SCC2)C(=O)OC. The number of carbonyl (C=O) groups is 1. The second-order valence-corrected chi connectivity index (χ2v) is 7.92. The Balaban J connectivity index is 2.15. The van der Waals surface area contributed by atoms with Crippen molar-refractivity contribution in [2.45, 2.75) is 35.1 Å². The zero-order valence-electron chi connectivity index (χ0n) is 14.9. The van der Waals surface area contributed by atoms with Crippen LogP contribution in [0.1, 0.15) is 19.0 Å². The summed E-state index contributed by atoms with van der Waals surface area (Å²) in [6.45, 7) is 1.91. The maximum atomic E-state index is 13.1. The first-order chi connectivity index (χ1) is 12.6. The lowest BCUT2D eigenvalue weighted by Gasteiger charge is -2.17. The zero-order valence-corrected chi connectivity index (χ0v) is 16.5. The Morgan fingerprint density at radius 3 is 2.92 bits per heavy atom. The third kappa shape index (κ3) is 3.61. The molecule has 2 aromatic rings. The standard InChI is InChI=1S/C18H20N2O4S2/c1-4-14(17(22)24-3)26-18-19-13-8-9-25-15(13)16(21)20(18)11-6-5-7-12(10-11)23-2/h5-7,10,14H,4,8-9H2,1-3H3/t14-/m1/s1. The number of aryl methyl sites for hydroxylation is 1. The van der Waals surface area contributed by atoms with E-state index in [0.29, 0.717) is 27.9 Å². The first-order valence-corrected chi connectivity index (χ1v) is 10.1. The second-order valence-electron chi connectivity index (χ2n) is 5.65. The summed E-state index contributed by atoms with van der Waals surface area (Å²) in [6, 6.07) is 7.27. The van der Waals surface area contributed by atoms with Crippen LogP contribution < -0.4 is 10.3 Å². The second kappa shape index (κ2) is 8.18. The van der Waals surface area contributed by atoms with Crippen LogP contribution in [0.5, 0.6) is 5.75 Å². The lowest BCUT2D eigenvalue weighted by molar-refractivity contribution is -0.140. The predicted octanol–water partition coefficient (Wildman–Crippen LogP) is 2.93. The molecule has 1 aliphatic rings. The predicted molar refractivity (Wildman–Crippen MR) is 103 cm³/mol. The van der Waals surface area contributed by atoms with Crippen molar-refractivity contribution in [1.29, 1.82) is 0 Å². The molecule has 0 amide bonds. The molecule has 0 unspecified atom stereocenters. The van der Waals surface area contributed by atoms with Gasteiger partial charge in [0.25, 0.3) is 5.56 Å². The number of ether oxygens (including phenoxy) is 2. The van der Waals surface area contributed by atoms with Gasteiger partial charge in [-0.15, -0.1) is 11.8 Å². The van der Waals surface area contributed by atoms with Crippen LogP contribution in [0.4, 0.5) is 0 Å². The monoisotopic (exact) mass is 392 g/mol. The van der Waals surface area contributed by atoms with Gasteiger partial charge in [0, 0.05) is 18.2 Å². The molecule has 6 nitrogen and oxygen atoms in total. The van der Waals surface area contributed by atoms with Gasteiger partial charge in [-0.2, -0.15) is 0 Å². The van der Waals surface area contributed by atoms with Crippen LogP contribution in [-0.2, 0) is 16.0 Å². The number of fused-ring (bicyclic) bond motifs is 1. The number of thioether (sulfide) groups is 2. The maximum Gasteiger partial charge on any atom is 0.319 e. The van der Waals surface area contributed by atoms with Crippen molar-refractivity contribution < 1.29 is 14.3 Å². The van der Waals surface area contributed by atoms with Gasteiger partial charge < -0.3 is 9.47 Å². The van der Waals surface area contributed by atoms with E-state index in [0.717, 1.165) is 17.9 Å². The zero-order chi connectivity index (χ0) is 18.7. The van der Waals surface area contributed by atoms with E-state index in [1.165, 1.54) is 30.6 Å². The van der Waals surface area contributed by atoms with E-state index in [4.69, 9.17) is 14.5 Å². The summed E-state index contributed by atoms with van der Waals surface area (Å²) in [5, 5.41) is 0.0811. The molecule has 1 aromatic heterocycles. The van der Waals surface area contributed by atoms with E-state index in [1.54, 1.807) is 17.7 Å². The normalized spacial score (nSPS) is 14.0. The Labute approximate surface area is 160 Å². The molecule has 0 bridgehead atoms. The molecule has 0 saturated heterocycles. The summed E-state index contributed by atoms with van der Waals surface area (Å²) in [5.74, 6) is 1.18. The van der Waals surface area contributed by atoms with E-state index in [-0.39, 0.29) is 11.5 Å². The summed E-state index contributed by atoms with van der Waals surface area (Å²) in [5.41, 5.74) is 1.37. The minimum absolute atomic E-state index is 0.104. The molecule has 0 fully saturated rings. The van der Waals surface area contributed by atoms with Crippen LogP contribution in [0.25, 0.3) is 5.69 Å². The number of hydrogen-bond donors (Lipinski definition) is 0. The fourth-order valence-corrected chi connectivity index (χ4v) is 4.80. The van der Waals surface area contributed by atoms with Crippen LogP contribution in [0, 0.1) is 0 Å². The lowest BCUT2D eigenvalue weighted by Crippen LogP contribution is -2.26. The summed E-state index contributed by atoms with van der Waals surface area (Å²) in [4.78, 5) is 30.5. The minimum Gasteiger partial charge on any atom is -0.497 e. The highest BCUT2D eigenvalue weighted by atomic mass is 32.2. The Morgan fingerprint density at radius 1 is 1.42 bits per heavy atom. The number of carbonyl (C=O) groups excluding carboxylic acids is 1. The van der Waals surface area contributed by atoms with Crippen molar-refractivity contribution in [2.24, 2.45) is 0 Å². The van der Waals surface area contributed by atoms with Crippen molar-refractivity contribution in [3.05, 3.63) is 40.3 Å². The Kier molecular flexibility index (Phi) is 5.93. The van der Waals surface area contributed by atoms with Gasteiger partial charge in [-0.25, -0.2) is 4.98 Å². The van der Waals surface area contributed by atoms with Crippen molar-refractivity contribution in [2.75, 3.05) is 20.0 Å². The third-order valence-electron chi connectivity index (χ3n) is 4.06. The average Bonchev–Trinajstić information content (AvgIpc) is 3.14. The first kappa shape index (κ1) is 18.8. The molecule has 26 heavy (non-hydrogen) atoms. The number of rotatable bonds is 6. The Morgan fingerprint density at radius 2 is 2.23 bits per heavy atom. The van der Waals surface area contributed by atoms with E-state index < -0.39 is 5.25 Å². The average molecular weight is 393 g/mol. The minimum atomic E-state index is -0.420. The topological polar surface area (TPSA) is 70.4 Å². The molecule has 2 heterocycles. The molecule has 1 aromatic carbocycles. The van der Waals surface area contributed by atoms with Gasteiger partial charge in [0.05, 0.1) is 30.5 Å². The molecular formula is C18H20N2O4S2. The van der Waals surface area contributed by atoms with Crippen LogP contribution in [0.2, 0.25) is 0 Å². The van der Waals surface area contributed by atoms with Crippen LogP contribution in [-0.4, -0.2) is 40.7 Å². The van der Waals surface area contributed by atoms with Crippen molar-refractivity contribution in [1.82, 2.24) is 9.55 Å². The van der Waals surface area contributed by atoms with Crippen molar-refractivity contribution >= 4 is 29.5 Å². The van der Waals surface area contributed by atoms with Gasteiger partial charge in [-0.3, -0.25) is 14.2 Å². The molecule has 1 atom stereocenters. The molecule has 8 heteroatoms. The van der Waals surface area contributed by atoms with Gasteiger partial charge in [0.1, 0.15) is 11.0 Å². The summed E-state index contributed by atoms with van der Waals surface area (Å²) >= 11 is 2.79. The van der Waals surface area contributed by atoms with Gasteiger partial charge in [0.2, 0.25) is 0 Å². The highest BCUT2D eigenvalue weighted by Gasteiger charge is 2.26. The quantitative estimate of drug-likeness (QED) is 0.425. The molecular weight excluding hydrogens is 372 g/mol. The van der Waals surface area contributed by atoms with Gasteiger partial charge in [-0.1, -0.05) is 24.8 Å². The molecule has 0 radical (unpaired) electrons. The largest absolute Gasteiger partial charge is 0.497 e. The van der Waals surface area contributed by atoms with Gasteiger partial charge in [0.15, 0.2) is 5.16 Å². The van der Waals surface area contributed by atoms with E-state index in [2.05, 4.69) is 0 Å². The molecule has 0 saturated carbocycles. The fraction of sp³-hybridized carbons (Fsp3) is 0.389. The number of benzene rings is 1. The van der Waals surface area contributed by atoms with E-state index in [1.807, 2.05) is 25.1 Å². The fourth-order valence-electron chi connectivity index (χ4n) is 2.71. The molecule has 0 aliphatic carbocycles. The Hall–Kier alpha value is -1.93. The smallest absolute Gasteiger partial charge is 0.319 e. The number of hydrogen-bond acceptors (Lipinski definition) is 7. The van der Waals surface area contributed by atoms with Gasteiger partial charge in [-0.05, 0) is 18.6 Å². The molecule has 1 aliphatic heterocycles. The first-order valence-electron chi connectivity index (χ1n) is 8.26. The van der Waals surface area contributed by atoms with Crippen molar-refractivity contribution in [3.63, 3.8) is 0 Å². The number of nitrogens with zero attached hydrogens (tertiary/aromatic N) is 2. The number of aromatic nitrogens is 2. The lowest BCUT2D eigenvalue weighted by atomic mass is 10.3. The Bertz CT molecular complexity index is 882. The molecule has 0 spiro atoms. The summed E-state index contributed by atoms with van der Waals surface area (Å²) < 4.78 is 11.7. The summed E-state index contributed by atoms with van der Waals surface area (Å²) in [6.07, 6.45) is 1.34. The van der Waals surface area contributed by atoms with Crippen molar-refractivity contribution in [3.8, 4) is 11.4 Å². The van der Waals surface area contributed by atoms with E-state index >= 15 is 0 Å². The van der Waals surface area contributed by atoms with Gasteiger partial charge >= 0.3 is 5.97 Å². The summed E-state index contributed by atoms with van der Waals surface area (Å²) in [7, 11) is 2.95. The number of methoxy groups -OCH3 is 2. The third-order valence-corrected chi connectivity index (χ3v) is 6.46. The van der Waals surface area contributed by atoms with Crippen LogP contribution in [0.15, 0.2) is 39.1 Å².